The molecule has 0 aliphatic carbocycles. The Kier molecular flexibility index (Phi) is 3.77. The van der Waals surface area contributed by atoms with E-state index in [0.717, 1.165) is 17.7 Å². The summed E-state index contributed by atoms with van der Waals surface area (Å²) in [4.78, 5) is 0. The van der Waals surface area contributed by atoms with Gasteiger partial charge in [-0.05, 0) is 24.5 Å². The molecular formula is C11H16O2. The average molecular weight is 180 g/mol. The standard InChI is InChI=1S/C11H16O2/c1-3-10-6-4-5-9(2)11(10)13-8-7-12/h4-6,12H,3,7-8H2,1-2H3. The van der Waals surface area contributed by atoms with Gasteiger partial charge in [-0.3, -0.25) is 0 Å². The van der Waals surface area contributed by atoms with E-state index < -0.39 is 0 Å². The summed E-state index contributed by atoms with van der Waals surface area (Å²) in [6.07, 6.45) is 0.961. The van der Waals surface area contributed by atoms with Crippen molar-refractivity contribution in [1.29, 1.82) is 0 Å². The third-order valence-electron chi connectivity index (χ3n) is 2.01. The molecular weight excluding hydrogens is 164 g/mol. The van der Waals surface area contributed by atoms with Gasteiger partial charge in [0.05, 0.1) is 6.61 Å². The molecule has 0 aromatic heterocycles. The highest BCUT2D eigenvalue weighted by molar-refractivity contribution is 5.40. The summed E-state index contributed by atoms with van der Waals surface area (Å²) >= 11 is 0. The third kappa shape index (κ3) is 2.46. The summed E-state index contributed by atoms with van der Waals surface area (Å²) in [7, 11) is 0. The molecule has 0 amide bonds. The molecule has 0 saturated carbocycles. The van der Waals surface area contributed by atoms with Crippen molar-refractivity contribution in [3.63, 3.8) is 0 Å². The molecule has 0 fully saturated rings. The van der Waals surface area contributed by atoms with Crippen LogP contribution in [0.15, 0.2) is 18.2 Å². The van der Waals surface area contributed by atoms with Gasteiger partial charge < -0.3 is 9.84 Å². The lowest BCUT2D eigenvalue weighted by molar-refractivity contribution is 0.199. The van der Waals surface area contributed by atoms with Gasteiger partial charge in [0.2, 0.25) is 0 Å². The first kappa shape index (κ1) is 10.1. The van der Waals surface area contributed by atoms with E-state index in [1.165, 1.54) is 5.56 Å². The minimum Gasteiger partial charge on any atom is -0.491 e. The first-order valence-corrected chi connectivity index (χ1v) is 4.61. The second-order valence-corrected chi connectivity index (χ2v) is 2.99. The highest BCUT2D eigenvalue weighted by Crippen LogP contribution is 2.23. The molecule has 0 atom stereocenters. The molecule has 0 heterocycles. The molecule has 1 rings (SSSR count). The van der Waals surface area contributed by atoms with Gasteiger partial charge in [0.15, 0.2) is 0 Å². The number of aliphatic hydroxyl groups excluding tert-OH is 1. The van der Waals surface area contributed by atoms with Gasteiger partial charge in [0.1, 0.15) is 12.4 Å². The Balaban J connectivity index is 2.87. The van der Waals surface area contributed by atoms with Crippen LogP contribution in [-0.2, 0) is 6.42 Å². The van der Waals surface area contributed by atoms with Gasteiger partial charge in [0.25, 0.3) is 0 Å². The van der Waals surface area contributed by atoms with Crippen LogP contribution in [0.1, 0.15) is 18.1 Å². The molecule has 2 heteroatoms. The molecule has 0 saturated heterocycles. The maximum atomic E-state index is 8.66. The van der Waals surface area contributed by atoms with Crippen LogP contribution in [0.3, 0.4) is 0 Å². The molecule has 0 bridgehead atoms. The second kappa shape index (κ2) is 4.87. The molecule has 0 aliphatic rings. The fraction of sp³-hybridized carbons (Fsp3) is 0.455. The van der Waals surface area contributed by atoms with Crippen molar-refractivity contribution in [3.8, 4) is 5.75 Å². The number of hydrogen-bond acceptors (Lipinski definition) is 2. The lowest BCUT2D eigenvalue weighted by Gasteiger charge is -2.11. The molecule has 2 nitrogen and oxygen atoms in total. The minimum absolute atomic E-state index is 0.0670. The van der Waals surface area contributed by atoms with Gasteiger partial charge in [0, 0.05) is 0 Å². The molecule has 0 unspecified atom stereocenters. The van der Waals surface area contributed by atoms with Crippen molar-refractivity contribution in [1.82, 2.24) is 0 Å². The molecule has 1 aromatic rings. The van der Waals surface area contributed by atoms with Crippen molar-refractivity contribution >= 4 is 0 Å². The summed E-state index contributed by atoms with van der Waals surface area (Å²) in [5, 5.41) is 8.66. The molecule has 1 aromatic carbocycles. The summed E-state index contributed by atoms with van der Waals surface area (Å²) in [6.45, 7) is 4.56. The average Bonchev–Trinajstić information content (AvgIpc) is 2.15. The predicted octanol–water partition coefficient (Wildman–Crippen LogP) is 1.93. The first-order chi connectivity index (χ1) is 6.29. The lowest BCUT2D eigenvalue weighted by atomic mass is 10.1. The summed E-state index contributed by atoms with van der Waals surface area (Å²) < 4.78 is 5.46. The SMILES string of the molecule is CCc1cccc(C)c1OCCO. The normalized spacial score (nSPS) is 10.1. The number of ether oxygens (including phenoxy) is 1. The van der Waals surface area contributed by atoms with E-state index in [-0.39, 0.29) is 6.61 Å². The second-order valence-electron chi connectivity index (χ2n) is 2.99. The van der Waals surface area contributed by atoms with Crippen LogP contribution in [0.2, 0.25) is 0 Å². The highest BCUT2D eigenvalue weighted by Gasteiger charge is 2.03. The van der Waals surface area contributed by atoms with Crippen LogP contribution in [-0.4, -0.2) is 18.3 Å². The Morgan fingerprint density at radius 2 is 2.15 bits per heavy atom. The molecule has 0 aliphatic heterocycles. The van der Waals surface area contributed by atoms with Crippen LogP contribution in [0.25, 0.3) is 0 Å². The lowest BCUT2D eigenvalue weighted by Crippen LogP contribution is -2.04. The summed E-state index contributed by atoms with van der Waals surface area (Å²) in [5.41, 5.74) is 2.33. The number of aliphatic hydroxyl groups is 1. The maximum Gasteiger partial charge on any atom is 0.125 e. The van der Waals surface area contributed by atoms with Crippen LogP contribution >= 0.6 is 0 Å². The van der Waals surface area contributed by atoms with Crippen molar-refractivity contribution in [2.45, 2.75) is 20.3 Å². The Bertz CT molecular complexity index is 269. The van der Waals surface area contributed by atoms with E-state index >= 15 is 0 Å². The minimum atomic E-state index is 0.0670. The number of benzene rings is 1. The zero-order valence-electron chi connectivity index (χ0n) is 8.21. The van der Waals surface area contributed by atoms with E-state index in [4.69, 9.17) is 9.84 Å². The van der Waals surface area contributed by atoms with Crippen LogP contribution in [0.5, 0.6) is 5.75 Å². The van der Waals surface area contributed by atoms with Crippen molar-refractivity contribution < 1.29 is 9.84 Å². The highest BCUT2D eigenvalue weighted by atomic mass is 16.5. The fourth-order valence-corrected chi connectivity index (χ4v) is 1.35. The predicted molar refractivity (Wildman–Crippen MR) is 53.1 cm³/mol. The Hall–Kier alpha value is -1.02. The van der Waals surface area contributed by atoms with Gasteiger partial charge in [-0.2, -0.15) is 0 Å². The molecule has 0 spiro atoms. The molecule has 1 N–H and O–H groups in total. The topological polar surface area (TPSA) is 29.5 Å². The maximum absolute atomic E-state index is 8.66. The molecule has 72 valence electrons. The van der Waals surface area contributed by atoms with E-state index in [1.54, 1.807) is 0 Å². The van der Waals surface area contributed by atoms with Crippen molar-refractivity contribution in [2.24, 2.45) is 0 Å². The van der Waals surface area contributed by atoms with E-state index in [2.05, 4.69) is 13.0 Å². The van der Waals surface area contributed by atoms with Crippen LogP contribution in [0, 0.1) is 6.92 Å². The smallest absolute Gasteiger partial charge is 0.125 e. The molecule has 0 radical (unpaired) electrons. The van der Waals surface area contributed by atoms with Gasteiger partial charge in [-0.1, -0.05) is 25.1 Å². The largest absolute Gasteiger partial charge is 0.491 e. The third-order valence-corrected chi connectivity index (χ3v) is 2.01. The van der Waals surface area contributed by atoms with E-state index in [9.17, 15) is 0 Å². The fourth-order valence-electron chi connectivity index (χ4n) is 1.35. The Morgan fingerprint density at radius 3 is 2.77 bits per heavy atom. The van der Waals surface area contributed by atoms with E-state index in [1.807, 2.05) is 19.1 Å². The van der Waals surface area contributed by atoms with Gasteiger partial charge in [-0.25, -0.2) is 0 Å². The number of para-hydroxylation sites is 1. The van der Waals surface area contributed by atoms with Gasteiger partial charge in [-0.15, -0.1) is 0 Å². The quantitative estimate of drug-likeness (QED) is 0.767. The summed E-state index contributed by atoms with van der Waals surface area (Å²) in [5.74, 6) is 0.930. The Morgan fingerprint density at radius 1 is 1.38 bits per heavy atom. The Labute approximate surface area is 79.2 Å². The van der Waals surface area contributed by atoms with Crippen molar-refractivity contribution in [2.75, 3.05) is 13.2 Å². The zero-order chi connectivity index (χ0) is 9.68. The van der Waals surface area contributed by atoms with Crippen LogP contribution in [0.4, 0.5) is 0 Å². The number of rotatable bonds is 4. The first-order valence-electron chi connectivity index (χ1n) is 4.61. The van der Waals surface area contributed by atoms with Gasteiger partial charge >= 0.3 is 0 Å². The number of hydrogen-bond donors (Lipinski definition) is 1. The zero-order valence-corrected chi connectivity index (χ0v) is 8.21. The number of aryl methyl sites for hydroxylation is 2. The van der Waals surface area contributed by atoms with Crippen molar-refractivity contribution in [3.05, 3.63) is 29.3 Å². The van der Waals surface area contributed by atoms with Crippen LogP contribution < -0.4 is 4.74 Å². The molecule has 13 heavy (non-hydrogen) atoms. The van der Waals surface area contributed by atoms with E-state index in [0.29, 0.717) is 6.61 Å². The monoisotopic (exact) mass is 180 g/mol. The summed E-state index contributed by atoms with van der Waals surface area (Å²) in [6, 6.07) is 6.10.